The van der Waals surface area contributed by atoms with Crippen LogP contribution >= 0.6 is 39.1 Å². The van der Waals surface area contributed by atoms with Crippen molar-refractivity contribution in [2.45, 2.75) is 12.5 Å². The van der Waals surface area contributed by atoms with E-state index in [1.165, 1.54) is 16.7 Å². The minimum atomic E-state index is -4.67. The number of benzene rings is 2. The molecule has 1 aliphatic rings. The molecule has 5 nitrogen and oxygen atoms in total. The molecule has 3 rings (SSSR count). The molecule has 0 spiro atoms. The molecule has 0 amide bonds. The van der Waals surface area contributed by atoms with Gasteiger partial charge in [0.05, 0.1) is 0 Å². The Kier molecular flexibility index (Phi) is 6.89. The maximum Gasteiger partial charge on any atom is 0.394 e. The summed E-state index contributed by atoms with van der Waals surface area (Å²) in [6, 6.07) is 12.3. The van der Waals surface area contributed by atoms with Crippen molar-refractivity contribution >= 4 is 49.5 Å². The Bertz CT molecular complexity index is 868. The van der Waals surface area contributed by atoms with Crippen molar-refractivity contribution in [3.8, 4) is 0 Å². The van der Waals surface area contributed by atoms with Gasteiger partial charge < -0.3 is 4.90 Å². The average Bonchev–Trinajstić information content (AvgIpc) is 2.46. The molecule has 0 aliphatic carbocycles. The van der Waals surface area contributed by atoms with Gasteiger partial charge in [-0.25, -0.2) is 0 Å². The summed E-state index contributed by atoms with van der Waals surface area (Å²) < 4.78 is 32.7. The van der Waals surface area contributed by atoms with E-state index in [4.69, 9.17) is 40.7 Å². The summed E-state index contributed by atoms with van der Waals surface area (Å²) in [7, 11) is -2.54. The SMILES string of the molecule is CN1Cc2c(Cl)cc(Cl)cc2C(c2cccc(Br)c2)C1.O=S(=O)(O)O. The van der Waals surface area contributed by atoms with E-state index in [1.807, 2.05) is 12.1 Å². The van der Waals surface area contributed by atoms with Crippen molar-refractivity contribution in [2.75, 3.05) is 13.6 Å². The van der Waals surface area contributed by atoms with E-state index in [9.17, 15) is 0 Å². The molecule has 2 aromatic rings. The third-order valence-corrected chi connectivity index (χ3v) is 4.79. The smallest absolute Gasteiger partial charge is 0.301 e. The van der Waals surface area contributed by atoms with E-state index in [-0.39, 0.29) is 0 Å². The Hall–Kier alpha value is -0.670. The van der Waals surface area contributed by atoms with Crippen LogP contribution in [0.3, 0.4) is 0 Å². The molecule has 1 heterocycles. The van der Waals surface area contributed by atoms with E-state index in [2.05, 4.69) is 52.1 Å². The first-order chi connectivity index (χ1) is 11.5. The quantitative estimate of drug-likeness (QED) is 0.594. The molecule has 0 saturated heterocycles. The van der Waals surface area contributed by atoms with Crippen molar-refractivity contribution in [3.63, 3.8) is 0 Å². The zero-order chi connectivity index (χ0) is 18.8. The molecular formula is C16H16BrCl2NO4S. The molecule has 0 saturated carbocycles. The van der Waals surface area contributed by atoms with Crippen LogP contribution in [-0.2, 0) is 16.9 Å². The van der Waals surface area contributed by atoms with Crippen LogP contribution in [0.2, 0.25) is 10.0 Å². The molecule has 1 unspecified atom stereocenters. The summed E-state index contributed by atoms with van der Waals surface area (Å²) in [5.74, 6) is 0.303. The lowest BCUT2D eigenvalue weighted by molar-refractivity contribution is 0.295. The first kappa shape index (κ1) is 20.6. The second kappa shape index (κ2) is 8.35. The molecule has 0 radical (unpaired) electrons. The predicted octanol–water partition coefficient (Wildman–Crippen LogP) is 4.68. The maximum absolute atomic E-state index is 8.74. The highest BCUT2D eigenvalue weighted by Crippen LogP contribution is 2.38. The van der Waals surface area contributed by atoms with Gasteiger partial charge in [0, 0.05) is 33.5 Å². The van der Waals surface area contributed by atoms with E-state index >= 15 is 0 Å². The van der Waals surface area contributed by atoms with Crippen molar-refractivity contribution < 1.29 is 17.5 Å². The lowest BCUT2D eigenvalue weighted by Gasteiger charge is -2.33. The van der Waals surface area contributed by atoms with Gasteiger partial charge in [0.25, 0.3) is 0 Å². The Morgan fingerprint density at radius 3 is 2.44 bits per heavy atom. The fourth-order valence-corrected chi connectivity index (χ4v) is 3.84. The Balaban J connectivity index is 0.000000399. The molecule has 1 aliphatic heterocycles. The van der Waals surface area contributed by atoms with Crippen molar-refractivity contribution in [1.82, 2.24) is 4.90 Å². The van der Waals surface area contributed by atoms with Gasteiger partial charge in [0.15, 0.2) is 0 Å². The first-order valence-corrected chi connectivity index (χ1v) is 10.1. The number of fused-ring (bicyclic) bond motifs is 1. The number of hydrogen-bond donors (Lipinski definition) is 2. The fourth-order valence-electron chi connectivity index (χ4n) is 2.85. The van der Waals surface area contributed by atoms with Gasteiger partial charge in [-0.2, -0.15) is 8.42 Å². The summed E-state index contributed by atoms with van der Waals surface area (Å²) in [4.78, 5) is 2.30. The number of nitrogens with zero attached hydrogens (tertiary/aromatic N) is 1. The van der Waals surface area contributed by atoms with Crippen LogP contribution in [0.4, 0.5) is 0 Å². The van der Waals surface area contributed by atoms with Gasteiger partial charge in [0.1, 0.15) is 0 Å². The third-order valence-electron chi connectivity index (χ3n) is 3.74. The molecule has 0 aromatic heterocycles. The molecule has 25 heavy (non-hydrogen) atoms. The van der Waals surface area contributed by atoms with Crippen molar-refractivity contribution in [2.24, 2.45) is 0 Å². The molecule has 136 valence electrons. The minimum absolute atomic E-state index is 0.303. The van der Waals surface area contributed by atoms with Crippen LogP contribution in [0.15, 0.2) is 40.9 Å². The Morgan fingerprint density at radius 2 is 1.84 bits per heavy atom. The summed E-state index contributed by atoms with van der Waals surface area (Å²) in [5.41, 5.74) is 3.72. The van der Waals surface area contributed by atoms with Crippen LogP contribution in [0.5, 0.6) is 0 Å². The number of likely N-dealkylation sites (N-methyl/N-ethyl adjacent to an activating group) is 1. The molecule has 0 bridgehead atoms. The van der Waals surface area contributed by atoms with Crippen molar-refractivity contribution in [1.29, 1.82) is 0 Å². The van der Waals surface area contributed by atoms with Gasteiger partial charge in [-0.05, 0) is 48.0 Å². The third kappa shape index (κ3) is 6.21. The molecule has 9 heteroatoms. The van der Waals surface area contributed by atoms with Gasteiger partial charge in [0.2, 0.25) is 0 Å². The van der Waals surface area contributed by atoms with Gasteiger partial charge >= 0.3 is 10.4 Å². The van der Waals surface area contributed by atoms with E-state index in [1.54, 1.807) is 0 Å². The largest absolute Gasteiger partial charge is 0.394 e. The number of rotatable bonds is 1. The normalized spacial score (nSPS) is 17.4. The Morgan fingerprint density at radius 1 is 1.20 bits per heavy atom. The van der Waals surface area contributed by atoms with Crippen molar-refractivity contribution in [3.05, 3.63) is 67.6 Å². The highest BCUT2D eigenvalue weighted by molar-refractivity contribution is 9.10. The molecule has 0 fully saturated rings. The maximum atomic E-state index is 8.74. The zero-order valence-electron chi connectivity index (χ0n) is 13.2. The van der Waals surface area contributed by atoms with Crippen LogP contribution in [0.25, 0.3) is 0 Å². The zero-order valence-corrected chi connectivity index (χ0v) is 17.1. The highest BCUT2D eigenvalue weighted by Gasteiger charge is 2.27. The molecular weight excluding hydrogens is 453 g/mol. The summed E-state index contributed by atoms with van der Waals surface area (Å²) >= 11 is 16.1. The second-order valence-electron chi connectivity index (χ2n) is 5.71. The molecule has 2 N–H and O–H groups in total. The molecule has 1 atom stereocenters. The summed E-state index contributed by atoms with van der Waals surface area (Å²) in [5, 5.41) is 1.47. The van der Waals surface area contributed by atoms with Gasteiger partial charge in [-0.3, -0.25) is 9.11 Å². The first-order valence-electron chi connectivity index (χ1n) is 7.16. The average molecular weight is 469 g/mol. The lowest BCUT2D eigenvalue weighted by Crippen LogP contribution is -2.31. The topological polar surface area (TPSA) is 77.8 Å². The van der Waals surface area contributed by atoms with Gasteiger partial charge in [-0.1, -0.05) is 51.3 Å². The molecule has 2 aromatic carbocycles. The van der Waals surface area contributed by atoms with Crippen LogP contribution in [0, 0.1) is 0 Å². The number of hydrogen-bond acceptors (Lipinski definition) is 3. The highest BCUT2D eigenvalue weighted by atomic mass is 79.9. The monoisotopic (exact) mass is 467 g/mol. The lowest BCUT2D eigenvalue weighted by atomic mass is 9.85. The standard InChI is InChI=1S/C16H14BrCl2N.H2O4S/c1-20-8-14(10-3-2-4-11(17)5-10)13-6-12(18)7-16(19)15(13)9-20;1-5(2,3)4/h2-7,14H,8-9H2,1H3;(H2,1,2,3,4). The predicted molar refractivity (Wildman–Crippen MR) is 103 cm³/mol. The van der Waals surface area contributed by atoms with Crippen LogP contribution in [-0.4, -0.2) is 36.0 Å². The summed E-state index contributed by atoms with van der Waals surface area (Å²) in [6.45, 7) is 1.84. The van der Waals surface area contributed by atoms with Crippen LogP contribution in [0.1, 0.15) is 22.6 Å². The second-order valence-corrected chi connectivity index (χ2v) is 8.36. The van der Waals surface area contributed by atoms with E-state index in [0.717, 1.165) is 22.6 Å². The Labute approximate surface area is 165 Å². The van der Waals surface area contributed by atoms with Crippen LogP contribution < -0.4 is 0 Å². The van der Waals surface area contributed by atoms with Gasteiger partial charge in [-0.15, -0.1) is 0 Å². The summed E-state index contributed by atoms with van der Waals surface area (Å²) in [6.07, 6.45) is 0. The van der Waals surface area contributed by atoms with E-state index in [0.29, 0.717) is 10.9 Å². The fraction of sp³-hybridized carbons (Fsp3) is 0.250. The van der Waals surface area contributed by atoms with E-state index < -0.39 is 10.4 Å². The minimum Gasteiger partial charge on any atom is -0.301 e. The number of halogens is 3.